The Balaban J connectivity index is 2.09. The van der Waals surface area contributed by atoms with E-state index in [1.165, 1.54) is 6.20 Å². The Morgan fingerprint density at radius 3 is 2.95 bits per heavy atom. The Labute approximate surface area is 114 Å². The van der Waals surface area contributed by atoms with Gasteiger partial charge in [-0.05, 0) is 0 Å². The van der Waals surface area contributed by atoms with E-state index in [1.807, 2.05) is 6.07 Å². The van der Waals surface area contributed by atoms with Gasteiger partial charge in [0, 0.05) is 13.1 Å². The van der Waals surface area contributed by atoms with Crippen molar-refractivity contribution in [3.05, 3.63) is 23.0 Å². The number of halogens is 1. The molecule has 8 nitrogen and oxygen atoms in total. The second-order valence-corrected chi connectivity index (χ2v) is 4.10. The molecule has 2 aromatic rings. The van der Waals surface area contributed by atoms with Crippen LogP contribution in [-0.2, 0) is 13.6 Å². The zero-order chi connectivity index (χ0) is 13.8. The lowest BCUT2D eigenvalue weighted by Gasteiger charge is -2.06. The first-order chi connectivity index (χ1) is 9.13. The Morgan fingerprint density at radius 2 is 2.32 bits per heavy atom. The van der Waals surface area contributed by atoms with E-state index in [9.17, 15) is 0 Å². The number of anilines is 2. The molecule has 4 N–H and O–H groups in total. The van der Waals surface area contributed by atoms with Gasteiger partial charge in [0.25, 0.3) is 0 Å². The summed E-state index contributed by atoms with van der Waals surface area (Å²) in [6.45, 7) is 0.456. The maximum Gasteiger partial charge on any atom is 0.239 e. The summed E-state index contributed by atoms with van der Waals surface area (Å²) in [7, 11) is 3.39. The Kier molecular flexibility index (Phi) is 4.03. The molecule has 102 valence electrons. The smallest absolute Gasteiger partial charge is 0.239 e. The van der Waals surface area contributed by atoms with E-state index in [0.717, 1.165) is 5.69 Å². The van der Waals surface area contributed by atoms with Crippen LogP contribution in [0.2, 0.25) is 5.02 Å². The van der Waals surface area contributed by atoms with Crippen LogP contribution in [0.5, 0.6) is 5.88 Å². The number of methoxy groups -OCH3 is 1. The number of hydrogen-bond acceptors (Lipinski definition) is 7. The third-order valence-corrected chi connectivity index (χ3v) is 2.68. The van der Waals surface area contributed by atoms with Gasteiger partial charge in [-0.3, -0.25) is 5.43 Å². The molecule has 0 aromatic carbocycles. The number of hydrazine groups is 1. The zero-order valence-corrected chi connectivity index (χ0v) is 11.3. The molecular formula is C10H14ClN7O. The number of aromatic nitrogens is 4. The zero-order valence-electron chi connectivity index (χ0n) is 10.5. The SMILES string of the molecule is COc1cc(CNc2nc(NN)ncc2Cl)nn1C. The predicted octanol–water partition coefficient (Wildman–Crippen LogP) is 0.770. The van der Waals surface area contributed by atoms with Gasteiger partial charge >= 0.3 is 0 Å². The van der Waals surface area contributed by atoms with Crippen molar-refractivity contribution in [2.75, 3.05) is 17.9 Å². The molecule has 2 heterocycles. The first-order valence-corrected chi connectivity index (χ1v) is 5.81. The summed E-state index contributed by atoms with van der Waals surface area (Å²) in [5, 5.41) is 7.73. The maximum absolute atomic E-state index is 5.98. The molecular weight excluding hydrogens is 270 g/mol. The fourth-order valence-electron chi connectivity index (χ4n) is 1.52. The summed E-state index contributed by atoms with van der Waals surface area (Å²) < 4.78 is 6.78. The number of rotatable bonds is 5. The number of nitrogens with one attached hydrogen (secondary N) is 2. The minimum absolute atomic E-state index is 0.283. The normalized spacial score (nSPS) is 10.3. The van der Waals surface area contributed by atoms with E-state index < -0.39 is 0 Å². The van der Waals surface area contributed by atoms with Crippen LogP contribution in [0.4, 0.5) is 11.8 Å². The van der Waals surface area contributed by atoms with Crippen LogP contribution < -0.4 is 21.3 Å². The minimum atomic E-state index is 0.283. The van der Waals surface area contributed by atoms with E-state index >= 15 is 0 Å². The standard InChI is InChI=1S/C10H14ClN7O/c1-18-8(19-2)3-6(17-18)4-13-9-7(11)5-14-10(15-9)16-12/h3,5H,4,12H2,1-2H3,(H2,13,14,15,16). The van der Waals surface area contributed by atoms with E-state index in [1.54, 1.807) is 18.8 Å². The van der Waals surface area contributed by atoms with Crippen LogP contribution in [0.15, 0.2) is 12.3 Å². The summed E-state index contributed by atoms with van der Waals surface area (Å²) in [5.41, 5.74) is 3.16. The molecule has 0 spiro atoms. The van der Waals surface area contributed by atoms with E-state index in [4.69, 9.17) is 22.2 Å². The van der Waals surface area contributed by atoms with Gasteiger partial charge in [-0.2, -0.15) is 10.1 Å². The number of hydrogen-bond donors (Lipinski definition) is 3. The summed E-state index contributed by atoms with van der Waals surface area (Å²) in [5.74, 6) is 6.68. The molecule has 0 saturated heterocycles. The molecule has 9 heteroatoms. The Bertz CT molecular complexity index is 571. The molecule has 0 atom stereocenters. The lowest BCUT2D eigenvalue weighted by atomic mass is 10.4. The largest absolute Gasteiger partial charge is 0.481 e. The molecule has 0 saturated carbocycles. The van der Waals surface area contributed by atoms with Crippen molar-refractivity contribution in [2.24, 2.45) is 12.9 Å². The van der Waals surface area contributed by atoms with Crippen molar-refractivity contribution in [1.82, 2.24) is 19.7 Å². The molecule has 0 aliphatic rings. The fraction of sp³-hybridized carbons (Fsp3) is 0.300. The highest BCUT2D eigenvalue weighted by Crippen LogP contribution is 2.20. The lowest BCUT2D eigenvalue weighted by Crippen LogP contribution is -2.12. The number of aryl methyl sites for hydroxylation is 1. The van der Waals surface area contributed by atoms with Gasteiger partial charge < -0.3 is 10.1 Å². The average molecular weight is 284 g/mol. The quantitative estimate of drug-likeness (QED) is 0.550. The summed E-state index contributed by atoms with van der Waals surface area (Å²) in [4.78, 5) is 7.98. The minimum Gasteiger partial charge on any atom is -0.481 e. The molecule has 0 aliphatic heterocycles. The van der Waals surface area contributed by atoms with Gasteiger partial charge in [-0.15, -0.1) is 0 Å². The first-order valence-electron chi connectivity index (χ1n) is 5.44. The second kappa shape index (κ2) is 5.72. The van der Waals surface area contributed by atoms with Crippen molar-refractivity contribution in [3.8, 4) is 5.88 Å². The van der Waals surface area contributed by atoms with Crippen molar-refractivity contribution in [2.45, 2.75) is 6.54 Å². The van der Waals surface area contributed by atoms with E-state index in [2.05, 4.69) is 25.8 Å². The highest BCUT2D eigenvalue weighted by molar-refractivity contribution is 6.32. The molecule has 0 amide bonds. The van der Waals surface area contributed by atoms with Gasteiger partial charge in [0.15, 0.2) is 5.82 Å². The van der Waals surface area contributed by atoms with Gasteiger partial charge in [0.05, 0.1) is 25.5 Å². The molecule has 0 bridgehead atoms. The van der Waals surface area contributed by atoms with Gasteiger partial charge in [0.2, 0.25) is 11.8 Å². The molecule has 0 radical (unpaired) electrons. The van der Waals surface area contributed by atoms with Crippen molar-refractivity contribution >= 4 is 23.4 Å². The lowest BCUT2D eigenvalue weighted by molar-refractivity contribution is 0.373. The maximum atomic E-state index is 5.98. The Morgan fingerprint density at radius 1 is 1.53 bits per heavy atom. The highest BCUT2D eigenvalue weighted by atomic mass is 35.5. The number of nitrogens with zero attached hydrogens (tertiary/aromatic N) is 4. The molecule has 19 heavy (non-hydrogen) atoms. The van der Waals surface area contributed by atoms with Gasteiger partial charge in [-0.1, -0.05) is 11.6 Å². The third kappa shape index (κ3) is 3.04. The highest BCUT2D eigenvalue weighted by Gasteiger charge is 2.08. The van der Waals surface area contributed by atoms with Crippen molar-refractivity contribution < 1.29 is 4.74 Å². The van der Waals surface area contributed by atoms with Crippen LogP contribution in [0.3, 0.4) is 0 Å². The van der Waals surface area contributed by atoms with Gasteiger partial charge in [-0.25, -0.2) is 15.5 Å². The summed E-state index contributed by atoms with van der Waals surface area (Å²) >= 11 is 5.98. The van der Waals surface area contributed by atoms with Crippen molar-refractivity contribution in [1.29, 1.82) is 0 Å². The number of nitrogens with two attached hydrogens (primary N) is 1. The monoisotopic (exact) mass is 283 g/mol. The molecule has 0 aliphatic carbocycles. The molecule has 2 rings (SSSR count). The fourth-order valence-corrected chi connectivity index (χ4v) is 1.68. The predicted molar refractivity (Wildman–Crippen MR) is 71.9 cm³/mol. The summed E-state index contributed by atoms with van der Waals surface area (Å²) in [6.07, 6.45) is 1.46. The van der Waals surface area contributed by atoms with Crippen LogP contribution >= 0.6 is 11.6 Å². The van der Waals surface area contributed by atoms with Crippen LogP contribution in [0, 0.1) is 0 Å². The van der Waals surface area contributed by atoms with Gasteiger partial charge in [0.1, 0.15) is 5.02 Å². The average Bonchev–Trinajstić information content (AvgIpc) is 2.78. The first kappa shape index (κ1) is 13.4. The topological polar surface area (TPSA) is 103 Å². The number of ether oxygens (including phenoxy) is 1. The van der Waals surface area contributed by atoms with Crippen LogP contribution in [0.1, 0.15) is 5.69 Å². The third-order valence-electron chi connectivity index (χ3n) is 2.41. The van der Waals surface area contributed by atoms with Crippen LogP contribution in [0.25, 0.3) is 0 Å². The summed E-state index contributed by atoms with van der Waals surface area (Å²) in [6, 6.07) is 1.82. The van der Waals surface area contributed by atoms with Crippen molar-refractivity contribution in [3.63, 3.8) is 0 Å². The van der Waals surface area contributed by atoms with E-state index in [0.29, 0.717) is 23.3 Å². The number of nitrogen functional groups attached to an aromatic ring is 1. The molecule has 2 aromatic heterocycles. The van der Waals surface area contributed by atoms with Crippen LogP contribution in [-0.4, -0.2) is 26.9 Å². The van der Waals surface area contributed by atoms with E-state index in [-0.39, 0.29) is 5.95 Å². The molecule has 0 unspecified atom stereocenters. The second-order valence-electron chi connectivity index (χ2n) is 3.69. The Hall–Kier alpha value is -2.06. The molecule has 0 fully saturated rings.